The third-order valence-corrected chi connectivity index (χ3v) is 3.91. The molecular weight excluding hydrogens is 328 g/mol. The van der Waals surface area contributed by atoms with Crippen LogP contribution in [0.4, 0.5) is 0 Å². The molecule has 0 heterocycles. The van der Waals surface area contributed by atoms with Gasteiger partial charge in [-0.1, -0.05) is 44.2 Å². The number of hydrogen-bond acceptors (Lipinski definition) is 4. The fraction of sp³-hybridized carbons (Fsp3) is 0.182. The van der Waals surface area contributed by atoms with Crippen LogP contribution in [-0.2, 0) is 0 Å². The number of ether oxygens (including phenoxy) is 2. The Labute approximate surface area is 152 Å². The number of hydrogen-bond donors (Lipinski definition) is 0. The van der Waals surface area contributed by atoms with Crippen molar-refractivity contribution in [1.82, 2.24) is 0 Å². The first kappa shape index (κ1) is 17.7. The van der Waals surface area contributed by atoms with Crippen LogP contribution < -0.4 is 9.47 Å². The smallest absolute Gasteiger partial charge is 0.343 e. The summed E-state index contributed by atoms with van der Waals surface area (Å²) >= 11 is 0. The van der Waals surface area contributed by atoms with Crippen LogP contribution in [0.1, 0.15) is 34.6 Å². The molecule has 132 valence electrons. The van der Waals surface area contributed by atoms with Gasteiger partial charge in [0.15, 0.2) is 6.29 Å². The van der Waals surface area contributed by atoms with Crippen LogP contribution in [0.15, 0.2) is 60.7 Å². The lowest BCUT2D eigenvalue weighted by Gasteiger charge is -2.11. The van der Waals surface area contributed by atoms with Crippen LogP contribution in [-0.4, -0.2) is 18.9 Å². The van der Waals surface area contributed by atoms with Crippen LogP contribution >= 0.6 is 0 Å². The molecule has 4 nitrogen and oxygen atoms in total. The molecule has 4 heteroatoms. The minimum atomic E-state index is -0.514. The highest BCUT2D eigenvalue weighted by Gasteiger charge is 2.15. The Balaban J connectivity index is 1.84. The normalized spacial score (nSPS) is 10.7. The summed E-state index contributed by atoms with van der Waals surface area (Å²) in [4.78, 5) is 23.9. The van der Waals surface area contributed by atoms with Gasteiger partial charge >= 0.3 is 5.97 Å². The monoisotopic (exact) mass is 348 g/mol. The highest BCUT2D eigenvalue weighted by Crippen LogP contribution is 2.29. The van der Waals surface area contributed by atoms with E-state index in [0.717, 1.165) is 10.8 Å². The van der Waals surface area contributed by atoms with Crippen molar-refractivity contribution in [2.75, 3.05) is 6.61 Å². The molecule has 0 atom stereocenters. The van der Waals surface area contributed by atoms with E-state index in [2.05, 4.69) is 13.8 Å². The van der Waals surface area contributed by atoms with E-state index in [4.69, 9.17) is 9.47 Å². The lowest BCUT2D eigenvalue weighted by Crippen LogP contribution is -2.10. The maximum atomic E-state index is 12.5. The number of fused-ring (bicyclic) bond motifs is 1. The van der Waals surface area contributed by atoms with Crippen LogP contribution in [0.25, 0.3) is 10.8 Å². The molecule has 3 aromatic carbocycles. The zero-order valence-corrected chi connectivity index (χ0v) is 14.8. The molecule has 0 saturated heterocycles. The van der Waals surface area contributed by atoms with Crippen molar-refractivity contribution in [3.63, 3.8) is 0 Å². The van der Waals surface area contributed by atoms with Gasteiger partial charge < -0.3 is 9.47 Å². The van der Waals surface area contributed by atoms with Gasteiger partial charge in [0.25, 0.3) is 0 Å². The Morgan fingerprint density at radius 1 is 1.00 bits per heavy atom. The van der Waals surface area contributed by atoms with Crippen molar-refractivity contribution in [2.24, 2.45) is 5.92 Å². The zero-order valence-electron chi connectivity index (χ0n) is 14.8. The minimum Gasteiger partial charge on any atom is -0.493 e. The summed E-state index contributed by atoms with van der Waals surface area (Å²) in [6.45, 7) is 4.75. The summed E-state index contributed by atoms with van der Waals surface area (Å²) < 4.78 is 11.2. The molecule has 0 bridgehead atoms. The van der Waals surface area contributed by atoms with Crippen molar-refractivity contribution in [3.05, 3.63) is 71.8 Å². The topological polar surface area (TPSA) is 52.6 Å². The lowest BCUT2D eigenvalue weighted by molar-refractivity contribution is 0.0736. The minimum absolute atomic E-state index is 0.281. The second-order valence-electron chi connectivity index (χ2n) is 6.44. The fourth-order valence-corrected chi connectivity index (χ4v) is 2.57. The van der Waals surface area contributed by atoms with Gasteiger partial charge in [-0.2, -0.15) is 0 Å². The summed E-state index contributed by atoms with van der Waals surface area (Å²) in [5, 5.41) is 1.63. The van der Waals surface area contributed by atoms with E-state index in [1.165, 1.54) is 0 Å². The van der Waals surface area contributed by atoms with E-state index in [0.29, 0.717) is 35.7 Å². The molecule has 0 spiro atoms. The molecule has 0 fully saturated rings. The second-order valence-corrected chi connectivity index (χ2v) is 6.44. The predicted octanol–water partition coefficient (Wildman–Crippen LogP) is 4.91. The van der Waals surface area contributed by atoms with E-state index in [1.54, 1.807) is 30.3 Å². The highest BCUT2D eigenvalue weighted by atomic mass is 16.5. The fourth-order valence-electron chi connectivity index (χ4n) is 2.57. The summed E-state index contributed by atoms with van der Waals surface area (Å²) in [5.41, 5.74) is 0.737. The number of benzene rings is 3. The first-order chi connectivity index (χ1) is 12.6. The standard InChI is InChI=1S/C22H20O4/c1-15(2)14-25-19-11-9-17(10-12-19)22(24)26-21-18(13-23)8-7-16-5-3-4-6-20(16)21/h3-13,15H,14H2,1-2H3. The Morgan fingerprint density at radius 2 is 1.73 bits per heavy atom. The van der Waals surface area contributed by atoms with E-state index in [9.17, 15) is 9.59 Å². The molecule has 3 aromatic rings. The van der Waals surface area contributed by atoms with Gasteiger partial charge in [-0.25, -0.2) is 4.79 Å². The van der Waals surface area contributed by atoms with Crippen molar-refractivity contribution in [1.29, 1.82) is 0 Å². The molecule has 3 rings (SSSR count). The summed E-state index contributed by atoms with van der Waals surface area (Å²) in [6, 6.07) is 17.7. The van der Waals surface area contributed by atoms with Gasteiger partial charge in [0, 0.05) is 5.39 Å². The predicted molar refractivity (Wildman–Crippen MR) is 101 cm³/mol. The molecule has 0 aromatic heterocycles. The Kier molecular flexibility index (Phi) is 5.32. The maximum absolute atomic E-state index is 12.5. The Morgan fingerprint density at radius 3 is 2.42 bits per heavy atom. The van der Waals surface area contributed by atoms with Gasteiger partial charge in [0.1, 0.15) is 11.5 Å². The second kappa shape index (κ2) is 7.83. The molecule has 0 aliphatic carbocycles. The van der Waals surface area contributed by atoms with Crippen molar-refractivity contribution in [3.8, 4) is 11.5 Å². The zero-order chi connectivity index (χ0) is 18.5. The molecule has 0 N–H and O–H groups in total. The van der Waals surface area contributed by atoms with E-state index < -0.39 is 5.97 Å². The number of carbonyl (C=O) groups is 2. The number of rotatable bonds is 6. The van der Waals surface area contributed by atoms with Gasteiger partial charge in [0.05, 0.1) is 17.7 Å². The molecule has 0 aliphatic heterocycles. The molecule has 0 unspecified atom stereocenters. The third kappa shape index (κ3) is 3.91. The first-order valence-electron chi connectivity index (χ1n) is 8.50. The summed E-state index contributed by atoms with van der Waals surface area (Å²) in [5.74, 6) is 0.893. The number of esters is 1. The van der Waals surface area contributed by atoms with Gasteiger partial charge in [-0.3, -0.25) is 4.79 Å². The van der Waals surface area contributed by atoms with Crippen molar-refractivity contribution in [2.45, 2.75) is 13.8 Å². The summed E-state index contributed by atoms with van der Waals surface area (Å²) in [7, 11) is 0. The Hall–Kier alpha value is -3.14. The van der Waals surface area contributed by atoms with Crippen LogP contribution in [0.2, 0.25) is 0 Å². The first-order valence-corrected chi connectivity index (χ1v) is 8.50. The molecule has 0 aliphatic rings. The Bertz CT molecular complexity index is 927. The average molecular weight is 348 g/mol. The number of carbonyl (C=O) groups excluding carboxylic acids is 2. The van der Waals surface area contributed by atoms with E-state index in [1.807, 2.05) is 30.3 Å². The molecular formula is C22H20O4. The SMILES string of the molecule is CC(C)COc1ccc(C(=O)Oc2c(C=O)ccc3ccccc23)cc1. The van der Waals surface area contributed by atoms with Crippen LogP contribution in [0, 0.1) is 5.92 Å². The van der Waals surface area contributed by atoms with Gasteiger partial charge in [0.2, 0.25) is 0 Å². The maximum Gasteiger partial charge on any atom is 0.343 e. The van der Waals surface area contributed by atoms with Crippen molar-refractivity contribution < 1.29 is 19.1 Å². The van der Waals surface area contributed by atoms with Gasteiger partial charge in [-0.15, -0.1) is 0 Å². The quantitative estimate of drug-likeness (QED) is 0.361. The highest BCUT2D eigenvalue weighted by molar-refractivity contribution is 6.00. The van der Waals surface area contributed by atoms with E-state index >= 15 is 0 Å². The number of aldehydes is 1. The largest absolute Gasteiger partial charge is 0.493 e. The molecule has 0 radical (unpaired) electrons. The van der Waals surface area contributed by atoms with Crippen molar-refractivity contribution >= 4 is 23.0 Å². The third-order valence-electron chi connectivity index (χ3n) is 3.91. The molecule has 0 amide bonds. The van der Waals surface area contributed by atoms with Crippen LogP contribution in [0.3, 0.4) is 0 Å². The molecule has 0 saturated carbocycles. The summed E-state index contributed by atoms with van der Waals surface area (Å²) in [6.07, 6.45) is 0.692. The average Bonchev–Trinajstić information content (AvgIpc) is 2.67. The molecule has 26 heavy (non-hydrogen) atoms. The lowest BCUT2D eigenvalue weighted by atomic mass is 10.1. The van der Waals surface area contributed by atoms with Crippen LogP contribution in [0.5, 0.6) is 11.5 Å². The van der Waals surface area contributed by atoms with Gasteiger partial charge in [-0.05, 0) is 41.6 Å². The van der Waals surface area contributed by atoms with E-state index in [-0.39, 0.29) is 5.75 Å².